The Labute approximate surface area is 212 Å². The fourth-order valence-corrected chi connectivity index (χ4v) is 4.60. The van der Waals surface area contributed by atoms with E-state index < -0.39 is 5.97 Å². The van der Waals surface area contributed by atoms with E-state index in [1.807, 2.05) is 31.2 Å². The van der Waals surface area contributed by atoms with Gasteiger partial charge in [0.2, 0.25) is 11.8 Å². The highest BCUT2D eigenvalue weighted by molar-refractivity contribution is 6.03. The average molecular weight is 500 g/mol. The quantitative estimate of drug-likeness (QED) is 0.456. The number of aliphatic carboxylic acids is 1. The second kappa shape index (κ2) is 12.6. The predicted molar refractivity (Wildman–Crippen MR) is 138 cm³/mol. The van der Waals surface area contributed by atoms with Gasteiger partial charge in [-0.2, -0.15) is 4.98 Å². The summed E-state index contributed by atoms with van der Waals surface area (Å²) in [6.07, 6.45) is 1.97. The zero-order valence-corrected chi connectivity index (χ0v) is 21.7. The number of ether oxygens (including phenoxy) is 3. The number of anilines is 2. The number of carboxylic acids is 1. The van der Waals surface area contributed by atoms with Crippen LogP contribution in [-0.2, 0) is 9.53 Å². The van der Waals surface area contributed by atoms with Crippen molar-refractivity contribution in [3.8, 4) is 11.8 Å². The van der Waals surface area contributed by atoms with Crippen molar-refractivity contribution in [2.24, 2.45) is 5.92 Å². The Kier molecular flexibility index (Phi) is 9.52. The van der Waals surface area contributed by atoms with Crippen LogP contribution < -0.4 is 19.7 Å². The normalized spacial score (nSPS) is 18.4. The maximum Gasteiger partial charge on any atom is 0.326 e. The number of carbonyl (C=O) groups excluding carboxylic acids is 1. The van der Waals surface area contributed by atoms with Crippen molar-refractivity contribution in [3.63, 3.8) is 0 Å². The van der Waals surface area contributed by atoms with Crippen LogP contribution >= 0.6 is 0 Å². The third-order valence-electron chi connectivity index (χ3n) is 6.45. The van der Waals surface area contributed by atoms with Gasteiger partial charge in [0.1, 0.15) is 11.8 Å². The summed E-state index contributed by atoms with van der Waals surface area (Å²) in [6.45, 7) is 6.38. The summed E-state index contributed by atoms with van der Waals surface area (Å²) < 4.78 is 16.4. The summed E-state index contributed by atoms with van der Waals surface area (Å²) in [7, 11) is 3.10. The van der Waals surface area contributed by atoms with Crippen molar-refractivity contribution in [2.75, 3.05) is 31.0 Å². The Balaban J connectivity index is 1.95. The summed E-state index contributed by atoms with van der Waals surface area (Å²) in [5.74, 6) is -0.355. The van der Waals surface area contributed by atoms with Gasteiger partial charge >= 0.3 is 12.0 Å². The van der Waals surface area contributed by atoms with E-state index in [9.17, 15) is 14.7 Å². The number of aromatic nitrogens is 1. The van der Waals surface area contributed by atoms with Crippen LogP contribution in [0.1, 0.15) is 57.9 Å². The van der Waals surface area contributed by atoms with Crippen molar-refractivity contribution < 1.29 is 28.9 Å². The van der Waals surface area contributed by atoms with E-state index in [1.54, 1.807) is 24.1 Å². The summed E-state index contributed by atoms with van der Waals surface area (Å²) in [6, 6.07) is 10.8. The van der Waals surface area contributed by atoms with Crippen LogP contribution in [0.25, 0.3) is 0 Å². The van der Waals surface area contributed by atoms with Crippen LogP contribution in [0, 0.1) is 5.92 Å². The Bertz CT molecular complexity index is 1040. The van der Waals surface area contributed by atoms with E-state index >= 15 is 0 Å². The molecule has 2 N–H and O–H groups in total. The lowest BCUT2D eigenvalue weighted by molar-refractivity contribution is -0.142. The van der Waals surface area contributed by atoms with Gasteiger partial charge in [0.05, 0.1) is 19.6 Å². The van der Waals surface area contributed by atoms with Crippen LogP contribution in [-0.4, -0.2) is 55.1 Å². The standard InChI is InChI=1S/C27H37N3O6/c1-17(2)21-8-6-7-9-23(21)30(20-12-10-19(11-13-20)26(31)32)27(33)28-22-14-15-24(35-5)29-25(22)36-18(3)16-34-4/h6-9,14-15,17-20H,10-13,16H2,1-5H3,(H,28,33)(H,31,32)/t18-,19-,20-/m0/s1. The van der Waals surface area contributed by atoms with E-state index in [4.69, 9.17) is 14.2 Å². The number of rotatable bonds is 10. The van der Waals surface area contributed by atoms with Gasteiger partial charge < -0.3 is 24.6 Å². The molecular formula is C27H37N3O6. The van der Waals surface area contributed by atoms with E-state index in [-0.39, 0.29) is 35.9 Å². The molecule has 1 fully saturated rings. The molecule has 3 rings (SSSR count). The molecule has 2 aromatic rings. The van der Waals surface area contributed by atoms with Gasteiger partial charge in [-0.25, -0.2) is 4.79 Å². The molecule has 196 valence electrons. The van der Waals surface area contributed by atoms with Gasteiger partial charge in [-0.15, -0.1) is 0 Å². The highest BCUT2D eigenvalue weighted by Gasteiger charge is 2.34. The SMILES string of the molecule is COC[C@H](C)Oc1nc(OC)ccc1NC(=O)N(c1ccccc1C(C)C)[C@H]1CC[C@H](C(=O)O)CC1. The number of nitrogens with zero attached hydrogens (tertiary/aromatic N) is 2. The van der Waals surface area contributed by atoms with E-state index in [0.29, 0.717) is 43.9 Å². The number of amides is 2. The molecule has 0 spiro atoms. The summed E-state index contributed by atoms with van der Waals surface area (Å²) in [5, 5.41) is 12.4. The monoisotopic (exact) mass is 499 g/mol. The van der Waals surface area contributed by atoms with Gasteiger partial charge in [-0.05, 0) is 56.2 Å². The zero-order chi connectivity index (χ0) is 26.2. The second-order valence-electron chi connectivity index (χ2n) is 9.45. The first-order valence-corrected chi connectivity index (χ1v) is 12.4. The Hall–Kier alpha value is -3.33. The third-order valence-corrected chi connectivity index (χ3v) is 6.45. The minimum Gasteiger partial charge on any atom is -0.481 e. The number of pyridine rings is 1. The van der Waals surface area contributed by atoms with Crippen molar-refractivity contribution in [1.82, 2.24) is 4.98 Å². The molecule has 1 atom stereocenters. The summed E-state index contributed by atoms with van der Waals surface area (Å²) >= 11 is 0. The summed E-state index contributed by atoms with van der Waals surface area (Å²) in [5.41, 5.74) is 2.28. The van der Waals surface area contributed by atoms with E-state index in [2.05, 4.69) is 24.1 Å². The first-order chi connectivity index (χ1) is 17.2. The Morgan fingerprint density at radius 3 is 2.39 bits per heavy atom. The van der Waals surface area contributed by atoms with Crippen molar-refractivity contribution in [1.29, 1.82) is 0 Å². The fourth-order valence-electron chi connectivity index (χ4n) is 4.60. The predicted octanol–water partition coefficient (Wildman–Crippen LogP) is 5.31. The number of carboxylic acid groups (broad SMARTS) is 1. The smallest absolute Gasteiger partial charge is 0.326 e. The van der Waals surface area contributed by atoms with Crippen molar-refractivity contribution in [2.45, 2.75) is 64.5 Å². The fraction of sp³-hybridized carbons (Fsp3) is 0.519. The molecule has 0 radical (unpaired) electrons. The number of hydrogen-bond acceptors (Lipinski definition) is 6. The molecule has 1 saturated carbocycles. The number of methoxy groups -OCH3 is 2. The third kappa shape index (κ3) is 6.66. The van der Waals surface area contributed by atoms with Gasteiger partial charge in [-0.1, -0.05) is 32.0 Å². The van der Waals surface area contributed by atoms with Crippen LogP contribution in [0.15, 0.2) is 36.4 Å². The number of urea groups is 1. The van der Waals surface area contributed by atoms with Gasteiger partial charge in [0.25, 0.3) is 0 Å². The average Bonchev–Trinajstić information content (AvgIpc) is 2.86. The minimum absolute atomic E-state index is 0.136. The molecule has 1 aliphatic carbocycles. The van der Waals surface area contributed by atoms with Gasteiger partial charge in [0, 0.05) is 24.9 Å². The van der Waals surface area contributed by atoms with Gasteiger partial charge in [-0.3, -0.25) is 9.69 Å². The number of para-hydroxylation sites is 1. The van der Waals surface area contributed by atoms with Crippen LogP contribution in [0.3, 0.4) is 0 Å². The number of nitrogens with one attached hydrogen (secondary N) is 1. The molecule has 36 heavy (non-hydrogen) atoms. The maximum absolute atomic E-state index is 13.9. The molecule has 1 heterocycles. The van der Waals surface area contributed by atoms with Gasteiger partial charge in [0.15, 0.2) is 0 Å². The lowest BCUT2D eigenvalue weighted by atomic mass is 9.85. The molecular weight excluding hydrogens is 462 g/mol. The first-order valence-electron chi connectivity index (χ1n) is 12.4. The minimum atomic E-state index is -0.775. The molecule has 9 heteroatoms. The van der Waals surface area contributed by atoms with Crippen molar-refractivity contribution >= 4 is 23.4 Å². The molecule has 0 unspecified atom stereocenters. The molecule has 2 amide bonds. The van der Waals surface area contributed by atoms with E-state index in [1.165, 1.54) is 7.11 Å². The number of hydrogen-bond donors (Lipinski definition) is 2. The van der Waals surface area contributed by atoms with Crippen LogP contribution in [0.4, 0.5) is 16.2 Å². The maximum atomic E-state index is 13.9. The molecule has 0 bridgehead atoms. The second-order valence-corrected chi connectivity index (χ2v) is 9.45. The highest BCUT2D eigenvalue weighted by atomic mass is 16.5. The molecule has 0 saturated heterocycles. The topological polar surface area (TPSA) is 110 Å². The molecule has 1 aliphatic rings. The first kappa shape index (κ1) is 27.3. The van der Waals surface area contributed by atoms with Crippen LogP contribution in [0.5, 0.6) is 11.8 Å². The Morgan fingerprint density at radius 1 is 1.08 bits per heavy atom. The van der Waals surface area contributed by atoms with Crippen molar-refractivity contribution in [3.05, 3.63) is 42.0 Å². The summed E-state index contributed by atoms with van der Waals surface area (Å²) in [4.78, 5) is 31.6. The molecule has 1 aromatic carbocycles. The highest BCUT2D eigenvalue weighted by Crippen LogP contribution is 2.36. The molecule has 0 aliphatic heterocycles. The number of benzene rings is 1. The lowest BCUT2D eigenvalue weighted by Gasteiger charge is -2.37. The number of carbonyl (C=O) groups is 2. The van der Waals surface area contributed by atoms with Crippen LogP contribution in [0.2, 0.25) is 0 Å². The van der Waals surface area contributed by atoms with E-state index in [0.717, 1.165) is 11.3 Å². The molecule has 1 aromatic heterocycles. The molecule has 9 nitrogen and oxygen atoms in total. The zero-order valence-electron chi connectivity index (χ0n) is 21.7. The largest absolute Gasteiger partial charge is 0.481 e. The Morgan fingerprint density at radius 2 is 1.78 bits per heavy atom. The lowest BCUT2D eigenvalue weighted by Crippen LogP contribution is -2.46.